The molecule has 0 amide bonds. The molecule has 3 aromatic rings. The zero-order valence-corrected chi connectivity index (χ0v) is 17.6. The van der Waals surface area contributed by atoms with E-state index >= 15 is 0 Å². The van der Waals surface area contributed by atoms with E-state index in [1.165, 1.54) is 6.07 Å². The molecule has 8 heteroatoms. The van der Waals surface area contributed by atoms with E-state index in [-0.39, 0.29) is 9.79 Å². The number of aromatic nitrogens is 1. The van der Waals surface area contributed by atoms with Crippen LogP contribution in [0.15, 0.2) is 81.8 Å². The normalized spacial score (nSPS) is 11.9. The Labute approximate surface area is 175 Å². The number of halogens is 1. The Morgan fingerprint density at radius 2 is 1.69 bits per heavy atom. The summed E-state index contributed by atoms with van der Waals surface area (Å²) in [5.74, 6) is 0.599. The topological polar surface area (TPSA) is 83.5 Å². The van der Waals surface area contributed by atoms with Crippen molar-refractivity contribution >= 4 is 33.1 Å². The minimum atomic E-state index is -3.62. The SMILES string of the molecule is C/N=C(\NCc1ccc(S(=O)(=O)c2ccc(C)c(Cl)c2)cc1)Nc1ccncc1. The summed E-state index contributed by atoms with van der Waals surface area (Å²) in [5, 5.41) is 6.78. The lowest BCUT2D eigenvalue weighted by Gasteiger charge is -2.12. The Kier molecular flexibility index (Phi) is 6.51. The molecule has 0 atom stereocenters. The standard InChI is InChI=1S/C21H21ClN4O2S/c1-15-3-6-19(13-20(15)22)29(27,28)18-7-4-16(5-8-18)14-25-21(23-2)26-17-9-11-24-12-10-17/h3-13H,14H2,1-2H3,(H2,23,24,25,26). The number of nitrogens with one attached hydrogen (secondary N) is 2. The Hall–Kier alpha value is -2.90. The van der Waals surface area contributed by atoms with Gasteiger partial charge in [0.1, 0.15) is 0 Å². The van der Waals surface area contributed by atoms with E-state index in [9.17, 15) is 8.42 Å². The number of aliphatic imine (C=N–C) groups is 1. The van der Waals surface area contributed by atoms with Gasteiger partial charge in [-0.15, -0.1) is 0 Å². The van der Waals surface area contributed by atoms with Crippen molar-refractivity contribution in [3.05, 3.63) is 83.1 Å². The van der Waals surface area contributed by atoms with Gasteiger partial charge < -0.3 is 10.6 Å². The largest absolute Gasteiger partial charge is 0.352 e. The summed E-state index contributed by atoms with van der Waals surface area (Å²) in [5.41, 5.74) is 2.62. The van der Waals surface area contributed by atoms with Crippen LogP contribution in [0, 0.1) is 6.92 Å². The second kappa shape index (κ2) is 9.07. The van der Waals surface area contributed by atoms with Crippen LogP contribution in [0.1, 0.15) is 11.1 Å². The molecule has 0 bridgehead atoms. The van der Waals surface area contributed by atoms with Gasteiger partial charge in [0.05, 0.1) is 9.79 Å². The summed E-state index contributed by atoms with van der Waals surface area (Å²) in [7, 11) is -1.94. The molecule has 29 heavy (non-hydrogen) atoms. The number of guanidine groups is 1. The predicted molar refractivity (Wildman–Crippen MR) is 116 cm³/mol. The minimum absolute atomic E-state index is 0.181. The van der Waals surface area contributed by atoms with Crippen LogP contribution < -0.4 is 10.6 Å². The van der Waals surface area contributed by atoms with Crippen LogP contribution in [0.25, 0.3) is 0 Å². The first kappa shape index (κ1) is 20.8. The van der Waals surface area contributed by atoms with Crippen molar-refractivity contribution in [3.8, 4) is 0 Å². The summed E-state index contributed by atoms with van der Waals surface area (Å²) >= 11 is 6.08. The van der Waals surface area contributed by atoms with Crippen molar-refractivity contribution in [2.45, 2.75) is 23.3 Å². The molecule has 2 N–H and O–H groups in total. The van der Waals surface area contributed by atoms with Crippen LogP contribution >= 0.6 is 11.6 Å². The molecule has 1 heterocycles. The molecule has 0 unspecified atom stereocenters. The van der Waals surface area contributed by atoms with Crippen molar-refractivity contribution in [3.63, 3.8) is 0 Å². The molecular weight excluding hydrogens is 408 g/mol. The van der Waals surface area contributed by atoms with E-state index in [0.29, 0.717) is 17.5 Å². The molecule has 0 saturated carbocycles. The van der Waals surface area contributed by atoms with Gasteiger partial charge in [-0.2, -0.15) is 0 Å². The molecule has 0 spiro atoms. The van der Waals surface area contributed by atoms with Crippen molar-refractivity contribution in [2.24, 2.45) is 4.99 Å². The maximum absolute atomic E-state index is 12.8. The number of hydrogen-bond donors (Lipinski definition) is 2. The molecular formula is C21H21ClN4O2S. The van der Waals surface area contributed by atoms with Crippen LogP contribution in [0.4, 0.5) is 5.69 Å². The number of anilines is 1. The van der Waals surface area contributed by atoms with E-state index in [0.717, 1.165) is 16.8 Å². The number of nitrogens with zero attached hydrogens (tertiary/aromatic N) is 2. The van der Waals surface area contributed by atoms with Crippen molar-refractivity contribution < 1.29 is 8.42 Å². The first-order valence-corrected chi connectivity index (χ1v) is 10.7. The molecule has 0 aliphatic carbocycles. The fourth-order valence-corrected chi connectivity index (χ4v) is 4.13. The van der Waals surface area contributed by atoms with E-state index in [2.05, 4.69) is 20.6 Å². The smallest absolute Gasteiger partial charge is 0.206 e. The van der Waals surface area contributed by atoms with Crippen LogP contribution in [0.2, 0.25) is 5.02 Å². The van der Waals surface area contributed by atoms with E-state index < -0.39 is 9.84 Å². The highest BCUT2D eigenvalue weighted by Gasteiger charge is 2.18. The van der Waals surface area contributed by atoms with Gasteiger partial charge in [-0.3, -0.25) is 9.98 Å². The quantitative estimate of drug-likeness (QED) is 0.473. The molecule has 3 rings (SSSR count). The summed E-state index contributed by atoms with van der Waals surface area (Å²) in [6.45, 7) is 2.32. The lowest BCUT2D eigenvalue weighted by atomic mass is 10.2. The van der Waals surface area contributed by atoms with Gasteiger partial charge in [-0.1, -0.05) is 29.8 Å². The third-order valence-electron chi connectivity index (χ3n) is 4.31. The van der Waals surface area contributed by atoms with Crippen molar-refractivity contribution in [1.29, 1.82) is 0 Å². The number of benzene rings is 2. The lowest BCUT2D eigenvalue weighted by Crippen LogP contribution is -2.30. The summed E-state index contributed by atoms with van der Waals surface area (Å²) < 4.78 is 25.6. The third-order valence-corrected chi connectivity index (χ3v) is 6.49. The molecule has 150 valence electrons. The lowest BCUT2D eigenvalue weighted by molar-refractivity contribution is 0.596. The molecule has 0 aliphatic heterocycles. The molecule has 0 saturated heterocycles. The number of rotatable bonds is 5. The summed E-state index contributed by atoms with van der Waals surface area (Å²) in [6.07, 6.45) is 3.38. The zero-order valence-electron chi connectivity index (χ0n) is 16.1. The highest BCUT2D eigenvalue weighted by molar-refractivity contribution is 7.91. The van der Waals surface area contributed by atoms with Crippen LogP contribution in [0.5, 0.6) is 0 Å². The van der Waals surface area contributed by atoms with Gasteiger partial charge in [0, 0.05) is 36.7 Å². The Bertz CT molecular complexity index is 1120. The number of pyridine rings is 1. The minimum Gasteiger partial charge on any atom is -0.352 e. The fourth-order valence-electron chi connectivity index (χ4n) is 2.60. The first-order valence-electron chi connectivity index (χ1n) is 8.88. The monoisotopic (exact) mass is 428 g/mol. The maximum atomic E-state index is 12.8. The average molecular weight is 429 g/mol. The predicted octanol–water partition coefficient (Wildman–Crippen LogP) is 4.06. The molecule has 1 aromatic heterocycles. The van der Waals surface area contributed by atoms with Crippen molar-refractivity contribution in [2.75, 3.05) is 12.4 Å². The number of hydrogen-bond acceptors (Lipinski definition) is 4. The van der Waals surface area contributed by atoms with Gasteiger partial charge in [0.15, 0.2) is 5.96 Å². The van der Waals surface area contributed by atoms with Crippen LogP contribution in [-0.4, -0.2) is 26.4 Å². The summed E-state index contributed by atoms with van der Waals surface area (Å²) in [4.78, 5) is 8.55. The van der Waals surface area contributed by atoms with Gasteiger partial charge in [0.25, 0.3) is 0 Å². The Balaban J connectivity index is 1.68. The highest BCUT2D eigenvalue weighted by Crippen LogP contribution is 2.25. The molecule has 2 aromatic carbocycles. The number of aryl methyl sites for hydroxylation is 1. The van der Waals surface area contributed by atoms with E-state index in [1.54, 1.807) is 55.8 Å². The van der Waals surface area contributed by atoms with Crippen LogP contribution in [0.3, 0.4) is 0 Å². The fraction of sp³-hybridized carbons (Fsp3) is 0.143. The molecule has 0 fully saturated rings. The van der Waals surface area contributed by atoms with Gasteiger partial charge >= 0.3 is 0 Å². The second-order valence-corrected chi connectivity index (χ2v) is 8.70. The van der Waals surface area contributed by atoms with Gasteiger partial charge in [-0.25, -0.2) is 8.42 Å². The average Bonchev–Trinajstić information content (AvgIpc) is 2.74. The van der Waals surface area contributed by atoms with Crippen molar-refractivity contribution in [1.82, 2.24) is 10.3 Å². The molecule has 0 aliphatic rings. The highest BCUT2D eigenvalue weighted by atomic mass is 35.5. The molecule has 0 radical (unpaired) electrons. The summed E-state index contributed by atoms with van der Waals surface area (Å²) in [6, 6.07) is 15.2. The first-order chi connectivity index (χ1) is 13.9. The number of sulfone groups is 1. The van der Waals surface area contributed by atoms with E-state index in [4.69, 9.17) is 11.6 Å². The van der Waals surface area contributed by atoms with Crippen LogP contribution in [-0.2, 0) is 16.4 Å². The molecule has 6 nitrogen and oxygen atoms in total. The Morgan fingerprint density at radius 1 is 1.03 bits per heavy atom. The van der Waals surface area contributed by atoms with Gasteiger partial charge in [-0.05, 0) is 54.4 Å². The van der Waals surface area contributed by atoms with E-state index in [1.807, 2.05) is 19.1 Å². The third kappa shape index (κ3) is 5.13. The zero-order chi connectivity index (χ0) is 20.9. The van der Waals surface area contributed by atoms with Gasteiger partial charge in [0.2, 0.25) is 9.84 Å². The second-order valence-electron chi connectivity index (χ2n) is 6.35. The Morgan fingerprint density at radius 3 is 2.31 bits per heavy atom. The maximum Gasteiger partial charge on any atom is 0.206 e.